The van der Waals surface area contributed by atoms with Crippen molar-refractivity contribution in [3.05, 3.63) is 23.3 Å². The highest BCUT2D eigenvalue weighted by atomic mass is 16.6. The van der Waals surface area contributed by atoms with E-state index in [4.69, 9.17) is 14.6 Å². The lowest BCUT2D eigenvalue weighted by Gasteiger charge is -2.16. The van der Waals surface area contributed by atoms with Gasteiger partial charge in [0, 0.05) is 11.1 Å². The molecule has 0 aromatic rings. The summed E-state index contributed by atoms with van der Waals surface area (Å²) < 4.78 is 10.2. The Balaban J connectivity index is 2.43. The van der Waals surface area contributed by atoms with Crippen molar-refractivity contribution in [3.63, 3.8) is 0 Å². The molecule has 0 amide bonds. The van der Waals surface area contributed by atoms with Gasteiger partial charge in [0.25, 0.3) is 0 Å². The van der Waals surface area contributed by atoms with Crippen LogP contribution in [0.2, 0.25) is 0 Å². The Hall–Kier alpha value is -1.62. The predicted octanol–water partition coefficient (Wildman–Crippen LogP) is 2.08. The molecule has 19 heavy (non-hydrogen) atoms. The Labute approximate surface area is 112 Å². The molecule has 0 saturated carbocycles. The Morgan fingerprint density at radius 3 is 2.42 bits per heavy atom. The molecule has 0 spiro atoms. The van der Waals surface area contributed by atoms with Crippen LogP contribution in [-0.2, 0) is 19.1 Å². The summed E-state index contributed by atoms with van der Waals surface area (Å²) in [5, 5.41) is 9.03. The van der Waals surface area contributed by atoms with Crippen LogP contribution in [0.15, 0.2) is 23.3 Å². The minimum atomic E-state index is -1.02. The van der Waals surface area contributed by atoms with E-state index in [0.717, 1.165) is 18.4 Å². The second kappa shape index (κ2) is 7.74. The third-order valence-electron chi connectivity index (χ3n) is 2.78. The van der Waals surface area contributed by atoms with Gasteiger partial charge in [-0.05, 0) is 32.6 Å². The molecule has 1 rings (SSSR count). The molecule has 1 N–H and O–H groups in total. The van der Waals surface area contributed by atoms with E-state index in [-0.39, 0.29) is 18.8 Å². The Morgan fingerprint density at radius 2 is 1.84 bits per heavy atom. The van der Waals surface area contributed by atoms with E-state index in [0.29, 0.717) is 25.0 Å². The molecule has 0 atom stereocenters. The van der Waals surface area contributed by atoms with Gasteiger partial charge < -0.3 is 14.6 Å². The van der Waals surface area contributed by atoms with Gasteiger partial charge >= 0.3 is 11.9 Å². The van der Waals surface area contributed by atoms with Crippen molar-refractivity contribution in [3.8, 4) is 0 Å². The van der Waals surface area contributed by atoms with Crippen molar-refractivity contribution in [2.75, 3.05) is 19.8 Å². The molecular formula is C14H20O5. The number of rotatable bonds is 7. The van der Waals surface area contributed by atoms with Crippen LogP contribution in [-0.4, -0.2) is 36.9 Å². The van der Waals surface area contributed by atoms with Crippen molar-refractivity contribution in [1.29, 1.82) is 0 Å². The molecule has 1 aliphatic carbocycles. The molecule has 1 aliphatic rings. The third-order valence-corrected chi connectivity index (χ3v) is 2.78. The molecule has 0 aromatic heterocycles. The average molecular weight is 268 g/mol. The number of ether oxygens (including phenoxy) is 2. The van der Waals surface area contributed by atoms with E-state index in [1.165, 1.54) is 0 Å². The van der Waals surface area contributed by atoms with Crippen LogP contribution in [0.4, 0.5) is 0 Å². The van der Waals surface area contributed by atoms with E-state index in [1.807, 2.05) is 6.92 Å². The zero-order chi connectivity index (χ0) is 14.3. The van der Waals surface area contributed by atoms with Crippen LogP contribution < -0.4 is 0 Å². The van der Waals surface area contributed by atoms with E-state index >= 15 is 0 Å². The van der Waals surface area contributed by atoms with Gasteiger partial charge in [-0.1, -0.05) is 12.2 Å². The molecule has 0 unspecified atom stereocenters. The topological polar surface area (TPSA) is 72.8 Å². The minimum absolute atomic E-state index is 0.127. The van der Waals surface area contributed by atoms with Crippen molar-refractivity contribution < 1.29 is 24.2 Å². The zero-order valence-electron chi connectivity index (χ0n) is 11.2. The van der Waals surface area contributed by atoms with Crippen molar-refractivity contribution in [1.82, 2.24) is 0 Å². The van der Waals surface area contributed by atoms with E-state index in [9.17, 15) is 9.59 Å². The lowest BCUT2D eigenvalue weighted by molar-refractivity contribution is -0.142. The number of hydrogen-bond donors (Lipinski definition) is 1. The lowest BCUT2D eigenvalue weighted by Crippen LogP contribution is -2.19. The molecule has 0 aliphatic heterocycles. The molecule has 5 nitrogen and oxygen atoms in total. The molecule has 106 valence electrons. The minimum Gasteiger partial charge on any atom is -0.478 e. The third kappa shape index (κ3) is 5.26. The Morgan fingerprint density at radius 1 is 1.21 bits per heavy atom. The monoisotopic (exact) mass is 268 g/mol. The van der Waals surface area contributed by atoms with Crippen LogP contribution in [0.5, 0.6) is 0 Å². The normalized spacial score (nSPS) is 15.2. The van der Waals surface area contributed by atoms with Gasteiger partial charge in [0.2, 0.25) is 0 Å². The SMILES string of the molecule is C=C(C)COCCOC(=O)C1=C(C(=O)O)CCCC1. The first-order chi connectivity index (χ1) is 9.02. The molecular weight excluding hydrogens is 248 g/mol. The van der Waals surface area contributed by atoms with E-state index < -0.39 is 11.9 Å². The Kier molecular flexibility index (Phi) is 6.29. The van der Waals surface area contributed by atoms with E-state index in [1.54, 1.807) is 0 Å². The first-order valence-corrected chi connectivity index (χ1v) is 6.37. The quantitative estimate of drug-likeness (QED) is 0.435. The van der Waals surface area contributed by atoms with Crippen LogP contribution in [0.1, 0.15) is 32.6 Å². The fourth-order valence-corrected chi connectivity index (χ4v) is 1.89. The molecule has 0 radical (unpaired) electrons. The second-order valence-corrected chi connectivity index (χ2v) is 4.61. The van der Waals surface area contributed by atoms with Crippen LogP contribution in [0, 0.1) is 0 Å². The number of esters is 1. The fourth-order valence-electron chi connectivity index (χ4n) is 1.89. The van der Waals surface area contributed by atoms with Gasteiger partial charge in [-0.3, -0.25) is 0 Å². The molecule has 0 bridgehead atoms. The number of carbonyl (C=O) groups excluding carboxylic acids is 1. The highest BCUT2D eigenvalue weighted by Crippen LogP contribution is 2.25. The van der Waals surface area contributed by atoms with Crippen LogP contribution in [0.25, 0.3) is 0 Å². The molecule has 5 heteroatoms. The summed E-state index contributed by atoms with van der Waals surface area (Å²) in [6.45, 7) is 6.38. The molecule has 0 fully saturated rings. The number of carbonyl (C=O) groups is 2. The maximum Gasteiger partial charge on any atom is 0.334 e. The summed E-state index contributed by atoms with van der Waals surface area (Å²) in [7, 11) is 0. The molecule has 0 aromatic carbocycles. The van der Waals surface area contributed by atoms with Gasteiger partial charge in [-0.15, -0.1) is 0 Å². The van der Waals surface area contributed by atoms with Crippen molar-refractivity contribution in [2.45, 2.75) is 32.6 Å². The summed E-state index contributed by atoms with van der Waals surface area (Å²) in [4.78, 5) is 22.8. The van der Waals surface area contributed by atoms with Crippen molar-refractivity contribution >= 4 is 11.9 Å². The summed E-state index contributed by atoms with van der Waals surface area (Å²) in [6.07, 6.45) is 2.55. The van der Waals surface area contributed by atoms with Gasteiger partial charge in [0.15, 0.2) is 0 Å². The average Bonchev–Trinajstić information content (AvgIpc) is 2.37. The van der Waals surface area contributed by atoms with Crippen LogP contribution in [0.3, 0.4) is 0 Å². The van der Waals surface area contributed by atoms with Gasteiger partial charge in [0.1, 0.15) is 6.61 Å². The summed E-state index contributed by atoms with van der Waals surface area (Å²) in [6, 6.07) is 0. The van der Waals surface area contributed by atoms with Gasteiger partial charge in [0.05, 0.1) is 13.2 Å². The maximum absolute atomic E-state index is 11.8. The fraction of sp³-hybridized carbons (Fsp3) is 0.571. The number of hydrogen-bond acceptors (Lipinski definition) is 4. The lowest BCUT2D eigenvalue weighted by atomic mass is 9.92. The number of carboxylic acid groups (broad SMARTS) is 1. The largest absolute Gasteiger partial charge is 0.478 e. The van der Waals surface area contributed by atoms with Gasteiger partial charge in [-0.25, -0.2) is 9.59 Å². The first kappa shape index (κ1) is 15.4. The second-order valence-electron chi connectivity index (χ2n) is 4.61. The molecule has 0 heterocycles. The first-order valence-electron chi connectivity index (χ1n) is 6.37. The number of carboxylic acids is 1. The smallest absolute Gasteiger partial charge is 0.334 e. The van der Waals surface area contributed by atoms with E-state index in [2.05, 4.69) is 6.58 Å². The summed E-state index contributed by atoms with van der Waals surface area (Å²) in [5.74, 6) is -1.55. The highest BCUT2D eigenvalue weighted by Gasteiger charge is 2.24. The Bertz CT molecular complexity index is 395. The van der Waals surface area contributed by atoms with Crippen LogP contribution >= 0.6 is 0 Å². The maximum atomic E-state index is 11.8. The standard InChI is InChI=1S/C14H20O5/c1-10(2)9-18-7-8-19-14(17)12-6-4-3-5-11(12)13(15)16/h1,3-9H2,2H3,(H,15,16). The highest BCUT2D eigenvalue weighted by molar-refractivity contribution is 5.99. The molecule has 0 saturated heterocycles. The summed E-state index contributed by atoms with van der Waals surface area (Å²) in [5.41, 5.74) is 1.40. The summed E-state index contributed by atoms with van der Waals surface area (Å²) >= 11 is 0. The predicted molar refractivity (Wildman–Crippen MR) is 69.7 cm³/mol. The zero-order valence-corrected chi connectivity index (χ0v) is 11.2. The van der Waals surface area contributed by atoms with Crippen molar-refractivity contribution in [2.24, 2.45) is 0 Å². The van der Waals surface area contributed by atoms with Gasteiger partial charge in [-0.2, -0.15) is 0 Å². The number of aliphatic carboxylic acids is 1.